The highest BCUT2D eigenvalue weighted by atomic mass is 32.2. The summed E-state index contributed by atoms with van der Waals surface area (Å²) in [5.41, 5.74) is 9.82. The Morgan fingerprint density at radius 2 is 2.00 bits per heavy atom. The fourth-order valence-corrected chi connectivity index (χ4v) is 6.50. The lowest BCUT2D eigenvalue weighted by Crippen LogP contribution is -2.39. The molecule has 0 radical (unpaired) electrons. The Kier molecular flexibility index (Phi) is 6.26. The number of piperidine rings is 1. The van der Waals surface area contributed by atoms with E-state index < -0.39 is 10.0 Å². The number of aromatic nitrogens is 5. The van der Waals surface area contributed by atoms with Crippen molar-refractivity contribution in [2.75, 3.05) is 24.6 Å². The minimum Gasteiger partial charge on any atom is -0.383 e. The number of nitrogens with two attached hydrogens (primary N) is 1. The van der Waals surface area contributed by atoms with Crippen LogP contribution in [0.4, 0.5) is 5.82 Å². The van der Waals surface area contributed by atoms with E-state index >= 15 is 0 Å². The van der Waals surface area contributed by atoms with Gasteiger partial charge in [-0.1, -0.05) is 19.4 Å². The average Bonchev–Trinajstić information content (AvgIpc) is 3.46. The Hall–Kier alpha value is -2.98. The van der Waals surface area contributed by atoms with E-state index in [1.165, 1.54) is 6.33 Å². The second-order valence-electron chi connectivity index (χ2n) is 9.11. The molecule has 0 bridgehead atoms. The molecule has 5 rings (SSSR count). The fraction of sp³-hybridized carbons (Fsp3) is 0.458. The number of unbranched alkanes of at least 4 members (excludes halogenated alkanes) is 1. The molecule has 1 aliphatic heterocycles. The first-order valence-corrected chi connectivity index (χ1v) is 13.6. The van der Waals surface area contributed by atoms with Crippen LogP contribution in [0.15, 0.2) is 36.8 Å². The van der Waals surface area contributed by atoms with E-state index in [4.69, 9.17) is 10.8 Å². The van der Waals surface area contributed by atoms with Crippen LogP contribution >= 0.6 is 0 Å². The molecule has 4 aromatic rings. The molecule has 1 saturated heterocycles. The first kappa shape index (κ1) is 22.8. The van der Waals surface area contributed by atoms with Crippen molar-refractivity contribution < 1.29 is 8.42 Å². The van der Waals surface area contributed by atoms with E-state index in [1.54, 1.807) is 4.31 Å². The van der Waals surface area contributed by atoms with Crippen LogP contribution in [0.1, 0.15) is 39.0 Å². The molecule has 3 N–H and O–H groups in total. The zero-order valence-electron chi connectivity index (χ0n) is 19.4. The summed E-state index contributed by atoms with van der Waals surface area (Å²) >= 11 is 0. The smallest absolute Gasteiger partial charge is 0.214 e. The number of nitrogens with one attached hydrogen (secondary N) is 1. The van der Waals surface area contributed by atoms with E-state index in [0.717, 1.165) is 65.3 Å². The largest absolute Gasteiger partial charge is 0.383 e. The number of benzene rings is 1. The SMILES string of the molecule is CCCCS(=O)(=O)N1CCC(CCn2nc(-c3ccc4[nH]ccc4c3)c3c(N)ncnc32)CC1. The number of nitrogens with zero attached hydrogens (tertiary/aromatic N) is 5. The van der Waals surface area contributed by atoms with Crippen molar-refractivity contribution in [1.29, 1.82) is 0 Å². The third-order valence-corrected chi connectivity index (χ3v) is 8.81. The molecule has 1 fully saturated rings. The minimum absolute atomic E-state index is 0.256. The van der Waals surface area contributed by atoms with E-state index in [0.29, 0.717) is 31.4 Å². The predicted molar refractivity (Wildman–Crippen MR) is 135 cm³/mol. The fourth-order valence-electron chi connectivity index (χ4n) is 4.83. The van der Waals surface area contributed by atoms with Crippen LogP contribution in [0.25, 0.3) is 33.2 Å². The first-order chi connectivity index (χ1) is 16.5. The molecular weight excluding hydrogens is 450 g/mol. The average molecular weight is 482 g/mol. The molecule has 0 saturated carbocycles. The summed E-state index contributed by atoms with van der Waals surface area (Å²) in [6.07, 6.45) is 7.68. The van der Waals surface area contributed by atoms with Crippen LogP contribution in [0, 0.1) is 5.92 Å². The predicted octanol–water partition coefficient (Wildman–Crippen LogP) is 3.79. The number of aryl methyl sites for hydroxylation is 1. The number of H-pyrrole nitrogens is 1. The lowest BCUT2D eigenvalue weighted by atomic mass is 9.95. The summed E-state index contributed by atoms with van der Waals surface area (Å²) in [5.74, 6) is 1.13. The molecule has 0 atom stereocenters. The normalized spacial score (nSPS) is 16.0. The van der Waals surface area contributed by atoms with Gasteiger partial charge in [-0.05, 0) is 49.8 Å². The second-order valence-corrected chi connectivity index (χ2v) is 11.2. The highest BCUT2D eigenvalue weighted by Crippen LogP contribution is 2.32. The molecule has 3 aromatic heterocycles. The third kappa shape index (κ3) is 4.39. The Balaban J connectivity index is 1.33. The summed E-state index contributed by atoms with van der Waals surface area (Å²) < 4.78 is 28.6. The van der Waals surface area contributed by atoms with Gasteiger partial charge in [-0.3, -0.25) is 0 Å². The number of fused-ring (bicyclic) bond motifs is 2. The molecular formula is C24H31N7O2S. The first-order valence-electron chi connectivity index (χ1n) is 12.0. The van der Waals surface area contributed by atoms with Gasteiger partial charge < -0.3 is 10.7 Å². The molecule has 0 spiro atoms. The standard InChI is InChI=1S/C24H31N7O2S/c1-2-3-14-34(32,33)30-11-7-17(8-12-30)9-13-31-24-21(23(25)27-16-28-24)22(29-31)19-4-5-20-18(15-19)6-10-26-20/h4-6,10,15-17,26H,2-3,7-9,11-14H2,1H3,(H2,25,27,28). The molecule has 1 aliphatic rings. The van der Waals surface area contributed by atoms with Gasteiger partial charge in [0.2, 0.25) is 10.0 Å². The highest BCUT2D eigenvalue weighted by molar-refractivity contribution is 7.89. The zero-order chi connectivity index (χ0) is 23.7. The molecule has 34 heavy (non-hydrogen) atoms. The molecule has 0 aliphatic carbocycles. The zero-order valence-corrected chi connectivity index (χ0v) is 20.3. The molecule has 4 heterocycles. The van der Waals surface area contributed by atoms with Crippen molar-refractivity contribution in [2.45, 2.75) is 45.6 Å². The van der Waals surface area contributed by atoms with Gasteiger partial charge in [0, 0.05) is 42.3 Å². The lowest BCUT2D eigenvalue weighted by molar-refractivity contribution is 0.255. The van der Waals surface area contributed by atoms with Crippen LogP contribution in [0.3, 0.4) is 0 Å². The van der Waals surface area contributed by atoms with Crippen LogP contribution in [0.5, 0.6) is 0 Å². The van der Waals surface area contributed by atoms with Crippen LogP contribution in [-0.4, -0.2) is 56.3 Å². The minimum atomic E-state index is -3.13. The monoisotopic (exact) mass is 481 g/mol. The van der Waals surface area contributed by atoms with Gasteiger partial charge in [0.25, 0.3) is 0 Å². The van der Waals surface area contributed by atoms with Crippen LogP contribution in [0.2, 0.25) is 0 Å². The maximum atomic E-state index is 12.5. The number of aromatic amines is 1. The Morgan fingerprint density at radius 1 is 1.18 bits per heavy atom. The topological polar surface area (TPSA) is 123 Å². The van der Waals surface area contributed by atoms with E-state index in [2.05, 4.69) is 21.0 Å². The lowest BCUT2D eigenvalue weighted by Gasteiger charge is -2.31. The second kappa shape index (κ2) is 9.34. The van der Waals surface area contributed by atoms with Crippen molar-refractivity contribution in [2.24, 2.45) is 5.92 Å². The Labute approximate surface area is 199 Å². The van der Waals surface area contributed by atoms with Gasteiger partial charge in [0.15, 0.2) is 5.65 Å². The number of rotatable bonds is 8. The molecule has 10 heteroatoms. The molecule has 180 valence electrons. The van der Waals surface area contributed by atoms with Crippen molar-refractivity contribution in [3.63, 3.8) is 0 Å². The van der Waals surface area contributed by atoms with E-state index in [9.17, 15) is 8.42 Å². The Bertz CT molecular complexity index is 1400. The number of nitrogen functional groups attached to an aromatic ring is 1. The van der Waals surface area contributed by atoms with Gasteiger partial charge in [-0.15, -0.1) is 0 Å². The van der Waals surface area contributed by atoms with E-state index in [-0.39, 0.29) is 5.75 Å². The van der Waals surface area contributed by atoms with Crippen molar-refractivity contribution in [1.82, 2.24) is 29.0 Å². The molecule has 0 amide bonds. The van der Waals surface area contributed by atoms with Crippen LogP contribution < -0.4 is 5.73 Å². The molecule has 9 nitrogen and oxygen atoms in total. The third-order valence-electron chi connectivity index (χ3n) is 6.86. The summed E-state index contributed by atoms with van der Waals surface area (Å²) in [6.45, 7) is 3.93. The van der Waals surface area contributed by atoms with E-state index in [1.807, 2.05) is 36.0 Å². The maximum Gasteiger partial charge on any atom is 0.214 e. The van der Waals surface area contributed by atoms with Crippen LogP contribution in [-0.2, 0) is 16.6 Å². The van der Waals surface area contributed by atoms with Gasteiger partial charge in [0.05, 0.1) is 11.1 Å². The molecule has 1 aromatic carbocycles. The summed E-state index contributed by atoms with van der Waals surface area (Å²) in [5, 5.41) is 6.78. The summed E-state index contributed by atoms with van der Waals surface area (Å²) in [7, 11) is -3.13. The number of hydrogen-bond donors (Lipinski definition) is 2. The van der Waals surface area contributed by atoms with Crippen molar-refractivity contribution in [3.05, 3.63) is 36.8 Å². The van der Waals surface area contributed by atoms with Crippen molar-refractivity contribution >= 4 is 37.8 Å². The van der Waals surface area contributed by atoms with Crippen molar-refractivity contribution in [3.8, 4) is 11.3 Å². The van der Waals surface area contributed by atoms with Gasteiger partial charge in [0.1, 0.15) is 17.8 Å². The highest BCUT2D eigenvalue weighted by Gasteiger charge is 2.27. The quantitative estimate of drug-likeness (QED) is 0.395. The maximum absolute atomic E-state index is 12.5. The number of hydrogen-bond acceptors (Lipinski definition) is 6. The van der Waals surface area contributed by atoms with Gasteiger partial charge >= 0.3 is 0 Å². The van der Waals surface area contributed by atoms with Gasteiger partial charge in [-0.2, -0.15) is 5.10 Å². The summed E-state index contributed by atoms with van der Waals surface area (Å²) in [4.78, 5) is 11.9. The molecule has 0 unspecified atom stereocenters. The Morgan fingerprint density at radius 3 is 2.79 bits per heavy atom. The summed E-state index contributed by atoms with van der Waals surface area (Å²) in [6, 6.07) is 8.20. The van der Waals surface area contributed by atoms with Gasteiger partial charge in [-0.25, -0.2) is 27.4 Å². The number of anilines is 1. The number of sulfonamides is 1.